The Hall–Kier alpha value is -1.32. The van der Waals surface area contributed by atoms with Crippen LogP contribution >= 0.6 is 0 Å². The predicted octanol–water partition coefficient (Wildman–Crippen LogP) is 3.31. The minimum absolute atomic E-state index is 0.0738. The molecular formula is C15H27N3O. The molecule has 4 heteroatoms. The molecule has 0 aromatic carbocycles. The number of carbonyl (C=O) groups excluding carboxylic acids is 1. The summed E-state index contributed by atoms with van der Waals surface area (Å²) in [6, 6.07) is 2.07. The average molecular weight is 265 g/mol. The van der Waals surface area contributed by atoms with Crippen LogP contribution < -0.4 is 5.32 Å². The molecule has 1 aromatic heterocycles. The SMILES string of the molecule is CCCCCC(C)NC(=O)c1cc(CC(C)C)[nH]n1. The van der Waals surface area contributed by atoms with Crippen molar-refractivity contribution in [3.05, 3.63) is 17.5 Å². The molecule has 0 radical (unpaired) electrons. The van der Waals surface area contributed by atoms with Crippen LogP contribution in [0.3, 0.4) is 0 Å². The molecule has 0 spiro atoms. The highest BCUT2D eigenvalue weighted by Crippen LogP contribution is 2.08. The van der Waals surface area contributed by atoms with Crippen LogP contribution in [-0.2, 0) is 6.42 Å². The van der Waals surface area contributed by atoms with Crippen LogP contribution in [0.5, 0.6) is 0 Å². The first-order valence-corrected chi connectivity index (χ1v) is 7.38. The van der Waals surface area contributed by atoms with Gasteiger partial charge in [0, 0.05) is 11.7 Å². The topological polar surface area (TPSA) is 57.8 Å². The van der Waals surface area contributed by atoms with Crippen molar-refractivity contribution in [2.75, 3.05) is 0 Å². The van der Waals surface area contributed by atoms with Gasteiger partial charge >= 0.3 is 0 Å². The van der Waals surface area contributed by atoms with Gasteiger partial charge in [0.15, 0.2) is 0 Å². The second kappa shape index (κ2) is 7.97. The number of unbranched alkanes of at least 4 members (excludes halogenated alkanes) is 2. The first-order chi connectivity index (χ1) is 9.02. The first kappa shape index (κ1) is 15.7. The maximum atomic E-state index is 12.0. The second-order valence-corrected chi connectivity index (χ2v) is 5.75. The first-order valence-electron chi connectivity index (χ1n) is 7.38. The summed E-state index contributed by atoms with van der Waals surface area (Å²) in [5.41, 5.74) is 1.52. The lowest BCUT2D eigenvalue weighted by Crippen LogP contribution is -2.32. The molecule has 0 aliphatic heterocycles. The van der Waals surface area contributed by atoms with Crippen molar-refractivity contribution in [3.8, 4) is 0 Å². The Morgan fingerprint density at radius 3 is 2.74 bits per heavy atom. The number of rotatable bonds is 8. The lowest BCUT2D eigenvalue weighted by molar-refractivity contribution is 0.0933. The van der Waals surface area contributed by atoms with Crippen LogP contribution in [0.2, 0.25) is 0 Å². The molecule has 1 heterocycles. The Morgan fingerprint density at radius 2 is 2.11 bits per heavy atom. The number of nitrogens with zero attached hydrogens (tertiary/aromatic N) is 1. The number of hydrogen-bond donors (Lipinski definition) is 2. The highest BCUT2D eigenvalue weighted by molar-refractivity contribution is 5.92. The molecule has 1 rings (SSSR count). The van der Waals surface area contributed by atoms with Crippen LogP contribution in [0.15, 0.2) is 6.07 Å². The van der Waals surface area contributed by atoms with E-state index in [1.54, 1.807) is 0 Å². The van der Waals surface area contributed by atoms with Crippen molar-refractivity contribution < 1.29 is 4.79 Å². The molecule has 0 aliphatic rings. The van der Waals surface area contributed by atoms with Gasteiger partial charge in [0.05, 0.1) is 0 Å². The van der Waals surface area contributed by atoms with Crippen molar-refractivity contribution >= 4 is 5.91 Å². The maximum absolute atomic E-state index is 12.0. The molecule has 1 aromatic rings. The fourth-order valence-corrected chi connectivity index (χ4v) is 2.09. The zero-order valence-electron chi connectivity index (χ0n) is 12.6. The lowest BCUT2D eigenvalue weighted by atomic mass is 10.1. The largest absolute Gasteiger partial charge is 0.348 e. The minimum atomic E-state index is -0.0738. The van der Waals surface area contributed by atoms with E-state index in [1.165, 1.54) is 12.8 Å². The van der Waals surface area contributed by atoms with E-state index < -0.39 is 0 Å². The molecule has 19 heavy (non-hydrogen) atoms. The van der Waals surface area contributed by atoms with E-state index >= 15 is 0 Å². The van der Waals surface area contributed by atoms with Crippen molar-refractivity contribution in [3.63, 3.8) is 0 Å². The monoisotopic (exact) mass is 265 g/mol. The molecule has 0 fully saturated rings. The van der Waals surface area contributed by atoms with E-state index in [1.807, 2.05) is 6.07 Å². The van der Waals surface area contributed by atoms with Gasteiger partial charge in [-0.1, -0.05) is 40.0 Å². The van der Waals surface area contributed by atoms with Gasteiger partial charge in [-0.05, 0) is 31.7 Å². The molecule has 0 aliphatic carbocycles. The molecular weight excluding hydrogens is 238 g/mol. The van der Waals surface area contributed by atoms with Gasteiger partial charge in [-0.25, -0.2) is 0 Å². The third-order valence-electron chi connectivity index (χ3n) is 3.11. The van der Waals surface area contributed by atoms with Crippen molar-refractivity contribution in [1.82, 2.24) is 15.5 Å². The van der Waals surface area contributed by atoms with Gasteiger partial charge in [0.25, 0.3) is 5.91 Å². The van der Waals surface area contributed by atoms with Crippen LogP contribution in [-0.4, -0.2) is 22.1 Å². The number of amides is 1. The third kappa shape index (κ3) is 5.90. The van der Waals surface area contributed by atoms with Crippen LogP contribution in [0.1, 0.15) is 69.6 Å². The van der Waals surface area contributed by atoms with Crippen LogP contribution in [0.25, 0.3) is 0 Å². The predicted molar refractivity (Wildman–Crippen MR) is 78.2 cm³/mol. The van der Waals surface area contributed by atoms with Gasteiger partial charge in [-0.15, -0.1) is 0 Å². The van der Waals surface area contributed by atoms with Crippen molar-refractivity contribution in [2.45, 2.75) is 65.8 Å². The lowest BCUT2D eigenvalue weighted by Gasteiger charge is -2.12. The number of hydrogen-bond acceptors (Lipinski definition) is 2. The van der Waals surface area contributed by atoms with Gasteiger partial charge in [-0.2, -0.15) is 5.10 Å². The molecule has 1 atom stereocenters. The standard InChI is InChI=1S/C15H27N3O/c1-5-6-7-8-12(4)16-15(19)14-10-13(17-18-14)9-11(2)3/h10-12H,5-9H2,1-4H3,(H,16,19)(H,17,18). The highest BCUT2D eigenvalue weighted by atomic mass is 16.2. The molecule has 0 bridgehead atoms. The summed E-state index contributed by atoms with van der Waals surface area (Å²) in [4.78, 5) is 12.0. The minimum Gasteiger partial charge on any atom is -0.348 e. The molecule has 4 nitrogen and oxygen atoms in total. The third-order valence-corrected chi connectivity index (χ3v) is 3.11. The van der Waals surface area contributed by atoms with Gasteiger partial charge in [0.1, 0.15) is 5.69 Å². The van der Waals surface area contributed by atoms with Gasteiger partial charge in [0.2, 0.25) is 0 Å². The molecule has 1 amide bonds. The summed E-state index contributed by atoms with van der Waals surface area (Å²) in [6.45, 7) is 8.53. The fraction of sp³-hybridized carbons (Fsp3) is 0.733. The van der Waals surface area contributed by atoms with E-state index in [0.717, 1.165) is 25.0 Å². The Bertz CT molecular complexity index is 384. The Morgan fingerprint density at radius 1 is 1.37 bits per heavy atom. The van der Waals surface area contributed by atoms with Crippen LogP contribution in [0, 0.1) is 5.92 Å². The molecule has 2 N–H and O–H groups in total. The van der Waals surface area contributed by atoms with E-state index in [2.05, 4.69) is 43.2 Å². The number of carbonyl (C=O) groups is 1. The van der Waals surface area contributed by atoms with Gasteiger partial charge < -0.3 is 5.32 Å². The number of aromatic amines is 1. The second-order valence-electron chi connectivity index (χ2n) is 5.75. The Balaban J connectivity index is 2.42. The smallest absolute Gasteiger partial charge is 0.271 e. The average Bonchev–Trinajstić information content (AvgIpc) is 2.77. The summed E-state index contributed by atoms with van der Waals surface area (Å²) in [5, 5.41) is 10.0. The quantitative estimate of drug-likeness (QED) is 0.708. The Kier molecular flexibility index (Phi) is 6.60. The van der Waals surface area contributed by atoms with Crippen molar-refractivity contribution in [2.24, 2.45) is 5.92 Å². The summed E-state index contributed by atoms with van der Waals surface area (Å²) in [7, 11) is 0. The molecule has 108 valence electrons. The van der Waals surface area contributed by atoms with E-state index in [-0.39, 0.29) is 11.9 Å². The molecule has 1 unspecified atom stereocenters. The van der Waals surface area contributed by atoms with E-state index in [0.29, 0.717) is 11.6 Å². The zero-order chi connectivity index (χ0) is 14.3. The Labute approximate surface area is 116 Å². The highest BCUT2D eigenvalue weighted by Gasteiger charge is 2.13. The van der Waals surface area contributed by atoms with Crippen LogP contribution in [0.4, 0.5) is 0 Å². The maximum Gasteiger partial charge on any atom is 0.271 e. The number of nitrogens with one attached hydrogen (secondary N) is 2. The normalized spacial score (nSPS) is 12.7. The summed E-state index contributed by atoms with van der Waals surface area (Å²) >= 11 is 0. The summed E-state index contributed by atoms with van der Waals surface area (Å²) < 4.78 is 0. The number of H-pyrrole nitrogens is 1. The molecule has 0 saturated heterocycles. The van der Waals surface area contributed by atoms with E-state index in [9.17, 15) is 4.79 Å². The molecule has 0 saturated carbocycles. The summed E-state index contributed by atoms with van der Waals surface area (Å²) in [5.74, 6) is 0.486. The van der Waals surface area contributed by atoms with Crippen molar-refractivity contribution in [1.29, 1.82) is 0 Å². The zero-order valence-corrected chi connectivity index (χ0v) is 12.6. The fourth-order valence-electron chi connectivity index (χ4n) is 2.09. The van der Waals surface area contributed by atoms with Gasteiger partial charge in [-0.3, -0.25) is 9.89 Å². The van der Waals surface area contributed by atoms with E-state index in [4.69, 9.17) is 0 Å². The summed E-state index contributed by atoms with van der Waals surface area (Å²) in [6.07, 6.45) is 5.55. The number of aromatic nitrogens is 2.